The lowest BCUT2D eigenvalue weighted by Crippen LogP contribution is -2.52. The van der Waals surface area contributed by atoms with Crippen molar-refractivity contribution in [2.45, 2.75) is 64.1 Å². The molecule has 1 atom stereocenters. The Labute approximate surface area is 217 Å². The van der Waals surface area contributed by atoms with E-state index in [4.69, 9.17) is 4.98 Å². The Bertz CT molecular complexity index is 1430. The van der Waals surface area contributed by atoms with Crippen molar-refractivity contribution in [1.29, 1.82) is 0 Å². The van der Waals surface area contributed by atoms with Crippen LogP contribution < -0.4 is 4.72 Å². The third-order valence-corrected chi connectivity index (χ3v) is 11.5. The van der Waals surface area contributed by atoms with E-state index in [-0.39, 0.29) is 17.3 Å². The van der Waals surface area contributed by atoms with Crippen LogP contribution in [-0.4, -0.2) is 55.2 Å². The summed E-state index contributed by atoms with van der Waals surface area (Å²) in [5.41, 5.74) is 1.38. The fraction of sp³-hybridized carbons (Fsp3) is 0.522. The number of carbonyl (C=O) groups excluding carboxylic acids is 2. The van der Waals surface area contributed by atoms with Gasteiger partial charge in [0.25, 0.3) is 0 Å². The van der Waals surface area contributed by atoms with Crippen LogP contribution in [-0.2, 0) is 47.8 Å². The molecule has 10 nitrogen and oxygen atoms in total. The summed E-state index contributed by atoms with van der Waals surface area (Å²) in [4.78, 5) is 34.4. The number of fused-ring (bicyclic) bond motifs is 2. The third kappa shape index (κ3) is 4.35. The number of nitrogens with zero attached hydrogens (tertiary/aromatic N) is 5. The van der Waals surface area contributed by atoms with Gasteiger partial charge >= 0.3 is 11.9 Å². The number of aromatic nitrogens is 3. The minimum atomic E-state index is -3.81. The number of aryl methyl sites for hydroxylation is 3. The lowest BCUT2D eigenvalue weighted by molar-refractivity contribution is -0.454. The van der Waals surface area contributed by atoms with Gasteiger partial charge in [-0.05, 0) is 63.3 Å². The number of amides is 3. The SMILES string of the molecule is Cn1cc(CN2C(=O)C3C=C(S(=O)(=O)NC4(C)CC4)SC3=[N+](Cc3nc4c(s3)CCCC4)C2=O)cn1. The van der Waals surface area contributed by atoms with Crippen molar-refractivity contribution in [2.24, 2.45) is 13.0 Å². The van der Waals surface area contributed by atoms with Crippen molar-refractivity contribution in [3.05, 3.63) is 43.8 Å². The monoisotopic (exact) mass is 547 g/mol. The van der Waals surface area contributed by atoms with E-state index < -0.39 is 33.4 Å². The molecule has 190 valence electrons. The van der Waals surface area contributed by atoms with E-state index in [1.165, 1.54) is 20.4 Å². The first-order valence-corrected chi connectivity index (χ1v) is 15.1. The summed E-state index contributed by atoms with van der Waals surface area (Å²) in [5, 5.41) is 5.38. The minimum Gasteiger partial charge on any atom is -0.275 e. The third-order valence-electron chi connectivity index (χ3n) is 6.96. The van der Waals surface area contributed by atoms with Gasteiger partial charge in [0.15, 0.2) is 5.04 Å². The highest BCUT2D eigenvalue weighted by Gasteiger charge is 2.53. The molecule has 0 bridgehead atoms. The van der Waals surface area contributed by atoms with E-state index in [9.17, 15) is 18.0 Å². The second kappa shape index (κ2) is 8.61. The quantitative estimate of drug-likeness (QED) is 0.530. The van der Waals surface area contributed by atoms with Gasteiger partial charge in [0, 0.05) is 29.2 Å². The lowest BCUT2D eigenvalue weighted by Gasteiger charge is -2.23. The normalized spacial score (nSPS) is 23.1. The van der Waals surface area contributed by atoms with E-state index in [0.717, 1.165) is 66.6 Å². The molecule has 36 heavy (non-hydrogen) atoms. The molecule has 2 aromatic heterocycles. The summed E-state index contributed by atoms with van der Waals surface area (Å²) >= 11 is 2.60. The van der Waals surface area contributed by atoms with Crippen LogP contribution >= 0.6 is 23.1 Å². The van der Waals surface area contributed by atoms with Gasteiger partial charge in [-0.25, -0.2) is 22.9 Å². The van der Waals surface area contributed by atoms with Crippen molar-refractivity contribution >= 4 is 50.1 Å². The molecule has 1 unspecified atom stereocenters. The van der Waals surface area contributed by atoms with E-state index in [1.807, 2.05) is 6.92 Å². The highest BCUT2D eigenvalue weighted by atomic mass is 32.3. The molecule has 13 heteroatoms. The molecule has 0 aromatic carbocycles. The van der Waals surface area contributed by atoms with Gasteiger partial charge in [-0.3, -0.25) is 4.68 Å². The summed E-state index contributed by atoms with van der Waals surface area (Å²) in [6, 6.07) is -0.468. The van der Waals surface area contributed by atoms with Gasteiger partial charge < -0.3 is 0 Å². The Balaban J connectivity index is 1.37. The van der Waals surface area contributed by atoms with Crippen molar-refractivity contribution in [2.75, 3.05) is 0 Å². The number of imide groups is 1. The van der Waals surface area contributed by atoms with Crippen molar-refractivity contribution in [3.63, 3.8) is 0 Å². The smallest absolute Gasteiger partial charge is 0.275 e. The maximum Gasteiger partial charge on any atom is 0.502 e. The topological polar surface area (TPSA) is 117 Å². The zero-order valence-electron chi connectivity index (χ0n) is 20.1. The minimum absolute atomic E-state index is 0.0665. The van der Waals surface area contributed by atoms with Gasteiger partial charge in [-0.1, -0.05) is 0 Å². The summed E-state index contributed by atoms with van der Waals surface area (Å²) < 4.78 is 32.2. The van der Waals surface area contributed by atoms with Gasteiger partial charge in [-0.2, -0.15) is 19.4 Å². The molecular weight excluding hydrogens is 520 g/mol. The molecule has 1 N–H and O–H groups in total. The number of rotatable bonds is 7. The highest BCUT2D eigenvalue weighted by molar-refractivity contribution is 8.27. The number of carbonyl (C=O) groups is 2. The molecule has 0 spiro atoms. The molecule has 4 heterocycles. The number of thiazole rings is 1. The molecule has 2 aromatic rings. The predicted octanol–water partition coefficient (Wildman–Crippen LogP) is 2.51. The number of hydrogen-bond donors (Lipinski definition) is 1. The fourth-order valence-electron chi connectivity index (χ4n) is 4.75. The largest absolute Gasteiger partial charge is 0.502 e. The van der Waals surface area contributed by atoms with E-state index >= 15 is 0 Å². The fourth-order valence-corrected chi connectivity index (χ4v) is 8.95. The lowest BCUT2D eigenvalue weighted by atomic mass is 10.0. The van der Waals surface area contributed by atoms with Crippen molar-refractivity contribution in [1.82, 2.24) is 24.4 Å². The average molecular weight is 548 g/mol. The number of urea groups is 1. The van der Waals surface area contributed by atoms with Gasteiger partial charge in [0.2, 0.25) is 10.0 Å². The van der Waals surface area contributed by atoms with Crippen LogP contribution in [0.2, 0.25) is 0 Å². The van der Waals surface area contributed by atoms with Crippen LogP contribution in [0.3, 0.4) is 0 Å². The van der Waals surface area contributed by atoms with E-state index in [1.54, 1.807) is 35.5 Å². The maximum absolute atomic E-state index is 13.7. The Kier molecular flexibility index (Phi) is 5.74. The van der Waals surface area contributed by atoms with Crippen LogP contribution in [0, 0.1) is 5.92 Å². The van der Waals surface area contributed by atoms with Gasteiger partial charge in [0.05, 0.1) is 11.9 Å². The number of sulfonamides is 1. The molecule has 0 radical (unpaired) electrons. The molecule has 0 saturated heterocycles. The summed E-state index contributed by atoms with van der Waals surface area (Å²) in [6.45, 7) is 2.14. The Morgan fingerprint density at radius 1 is 1.25 bits per heavy atom. The van der Waals surface area contributed by atoms with Gasteiger partial charge in [0.1, 0.15) is 28.3 Å². The van der Waals surface area contributed by atoms with Crippen molar-refractivity contribution in [3.8, 4) is 0 Å². The second-order valence-corrected chi connectivity index (χ2v) is 14.2. The second-order valence-electron chi connectivity index (χ2n) is 10.1. The maximum atomic E-state index is 13.7. The number of hydrogen-bond acceptors (Lipinski definition) is 8. The molecule has 4 aliphatic rings. The van der Waals surface area contributed by atoms with E-state index in [0.29, 0.717) is 5.04 Å². The molecule has 6 rings (SSSR count). The standard InChI is InChI=1S/C23H27N6O4S3/c1-23(7-8-23)26-36(32,33)19-9-15-20(30)28(12-14-10-24-27(2)11-14)22(31)29(21(15)35-19)13-18-25-16-5-3-4-6-17(16)34-18/h9-11,15,26H,3-8,12-13H2,1-2H3/q+1. The first kappa shape index (κ1) is 24.0. The van der Waals surface area contributed by atoms with Crippen LogP contribution in [0.1, 0.15) is 53.7 Å². The molecule has 1 fully saturated rings. The number of nitrogens with one attached hydrogen (secondary N) is 1. The average Bonchev–Trinajstić information content (AvgIpc) is 3.21. The zero-order chi connectivity index (χ0) is 25.2. The number of thioether (sulfide) groups is 1. The van der Waals surface area contributed by atoms with Crippen LogP contribution in [0.5, 0.6) is 0 Å². The van der Waals surface area contributed by atoms with Crippen molar-refractivity contribution < 1.29 is 22.6 Å². The van der Waals surface area contributed by atoms with Crippen LogP contribution in [0.25, 0.3) is 0 Å². The molecule has 1 saturated carbocycles. The Morgan fingerprint density at radius 3 is 2.72 bits per heavy atom. The molecule has 3 amide bonds. The first-order valence-electron chi connectivity index (χ1n) is 12.0. The summed E-state index contributed by atoms with van der Waals surface area (Å²) in [6.07, 6.45) is 10.6. The van der Waals surface area contributed by atoms with Crippen LogP contribution in [0.15, 0.2) is 22.7 Å². The molecule has 2 aliphatic carbocycles. The highest BCUT2D eigenvalue weighted by Crippen LogP contribution is 2.42. The Hall–Kier alpha value is -2.35. The summed E-state index contributed by atoms with van der Waals surface area (Å²) in [7, 11) is -2.04. The molecule has 2 aliphatic heterocycles. The molecular formula is C23H27N6O4S3+. The predicted molar refractivity (Wildman–Crippen MR) is 136 cm³/mol. The van der Waals surface area contributed by atoms with Crippen LogP contribution in [0.4, 0.5) is 4.79 Å². The van der Waals surface area contributed by atoms with E-state index in [2.05, 4.69) is 9.82 Å². The summed E-state index contributed by atoms with van der Waals surface area (Å²) in [5.74, 6) is -1.26. The Morgan fingerprint density at radius 2 is 2.03 bits per heavy atom. The van der Waals surface area contributed by atoms with Gasteiger partial charge in [-0.15, -0.1) is 11.3 Å². The zero-order valence-corrected chi connectivity index (χ0v) is 22.5. The first-order chi connectivity index (χ1) is 17.1.